The van der Waals surface area contributed by atoms with Crippen molar-refractivity contribution < 1.29 is 9.53 Å². The fourth-order valence-electron chi connectivity index (χ4n) is 4.24. The zero-order chi connectivity index (χ0) is 21.5. The third-order valence-corrected chi connectivity index (χ3v) is 6.39. The van der Waals surface area contributed by atoms with Crippen LogP contribution in [0.2, 0.25) is 0 Å². The molecule has 0 radical (unpaired) electrons. The highest BCUT2D eigenvalue weighted by molar-refractivity contribution is 5.77. The van der Waals surface area contributed by atoms with Crippen LogP contribution >= 0.6 is 0 Å². The van der Waals surface area contributed by atoms with E-state index in [1.165, 1.54) is 45.6 Å². The van der Waals surface area contributed by atoms with Crippen LogP contribution in [0.25, 0.3) is 0 Å². The second-order valence-electron chi connectivity index (χ2n) is 10.7. The molecular weight excluding hydrogens is 364 g/mol. The van der Waals surface area contributed by atoms with Gasteiger partial charge >= 0.3 is 0 Å². The topological polar surface area (TPSA) is 39.3 Å². The number of amides is 1. The standard InChI is InChI=1S/C23H46N4O2/c1-22(2,3)26-15-11-24(12-16-26)10-8-7-9-19-29-20-21(28)25-13-17-27(18-14-25)23(4,5)6/h7-20H2,1-6H3. The molecular formula is C23H46N4O2. The Balaban J connectivity index is 1.46. The number of carbonyl (C=O) groups excluding carboxylic acids is 1. The molecule has 0 spiro atoms. The van der Waals surface area contributed by atoms with Gasteiger partial charge in [-0.25, -0.2) is 0 Å². The summed E-state index contributed by atoms with van der Waals surface area (Å²) < 4.78 is 5.66. The first-order valence-electron chi connectivity index (χ1n) is 11.7. The maximum Gasteiger partial charge on any atom is 0.248 e. The zero-order valence-corrected chi connectivity index (χ0v) is 20.0. The molecule has 0 N–H and O–H groups in total. The molecule has 2 fully saturated rings. The van der Waals surface area contributed by atoms with Gasteiger partial charge in [0.1, 0.15) is 6.61 Å². The van der Waals surface area contributed by atoms with Crippen LogP contribution in [-0.4, -0.2) is 109 Å². The Hall–Kier alpha value is -0.690. The number of hydrogen-bond acceptors (Lipinski definition) is 5. The van der Waals surface area contributed by atoms with Crippen LogP contribution in [0.4, 0.5) is 0 Å². The molecule has 0 aromatic heterocycles. The van der Waals surface area contributed by atoms with E-state index in [2.05, 4.69) is 56.2 Å². The Morgan fingerprint density at radius 3 is 1.76 bits per heavy atom. The minimum absolute atomic E-state index is 0.148. The van der Waals surface area contributed by atoms with E-state index in [1.807, 2.05) is 4.90 Å². The number of ether oxygens (including phenoxy) is 1. The number of carbonyl (C=O) groups is 1. The molecule has 0 aromatic rings. The van der Waals surface area contributed by atoms with Crippen molar-refractivity contribution in [2.24, 2.45) is 0 Å². The van der Waals surface area contributed by atoms with E-state index in [0.717, 1.165) is 32.6 Å². The van der Waals surface area contributed by atoms with E-state index in [-0.39, 0.29) is 18.1 Å². The molecule has 0 aliphatic carbocycles. The normalized spacial score (nSPS) is 21.0. The Kier molecular flexibility index (Phi) is 9.39. The Morgan fingerprint density at radius 1 is 0.724 bits per heavy atom. The average molecular weight is 411 g/mol. The molecule has 1 amide bonds. The highest BCUT2D eigenvalue weighted by Gasteiger charge is 2.28. The van der Waals surface area contributed by atoms with Crippen molar-refractivity contribution in [2.75, 3.05) is 72.1 Å². The van der Waals surface area contributed by atoms with Gasteiger partial charge in [0.25, 0.3) is 0 Å². The monoisotopic (exact) mass is 410 g/mol. The van der Waals surface area contributed by atoms with Gasteiger partial charge in [-0.15, -0.1) is 0 Å². The highest BCUT2D eigenvalue weighted by atomic mass is 16.5. The molecule has 29 heavy (non-hydrogen) atoms. The van der Waals surface area contributed by atoms with Crippen LogP contribution < -0.4 is 0 Å². The van der Waals surface area contributed by atoms with E-state index in [4.69, 9.17) is 4.74 Å². The van der Waals surface area contributed by atoms with E-state index >= 15 is 0 Å². The lowest BCUT2D eigenvalue weighted by molar-refractivity contribution is -0.138. The fraction of sp³-hybridized carbons (Fsp3) is 0.957. The van der Waals surface area contributed by atoms with Crippen LogP contribution in [0.5, 0.6) is 0 Å². The quantitative estimate of drug-likeness (QED) is 0.575. The number of unbranched alkanes of at least 4 members (excludes halogenated alkanes) is 2. The van der Waals surface area contributed by atoms with Gasteiger partial charge in [-0.05, 0) is 67.3 Å². The second kappa shape index (κ2) is 11.1. The molecule has 0 bridgehead atoms. The first-order chi connectivity index (χ1) is 13.6. The maximum atomic E-state index is 12.3. The molecule has 6 heteroatoms. The van der Waals surface area contributed by atoms with E-state index < -0.39 is 0 Å². The summed E-state index contributed by atoms with van der Waals surface area (Å²) in [5, 5.41) is 0. The first-order valence-corrected chi connectivity index (χ1v) is 11.7. The van der Waals surface area contributed by atoms with Gasteiger partial charge in [-0.1, -0.05) is 0 Å². The summed E-state index contributed by atoms with van der Waals surface area (Å²) in [6, 6.07) is 0. The summed E-state index contributed by atoms with van der Waals surface area (Å²) in [5.74, 6) is 0.148. The molecule has 2 aliphatic heterocycles. The van der Waals surface area contributed by atoms with Crippen molar-refractivity contribution >= 4 is 5.91 Å². The summed E-state index contributed by atoms with van der Waals surface area (Å²) in [4.78, 5) is 21.9. The van der Waals surface area contributed by atoms with Gasteiger partial charge in [0, 0.05) is 70.0 Å². The summed E-state index contributed by atoms with van der Waals surface area (Å²) in [6.45, 7) is 24.0. The summed E-state index contributed by atoms with van der Waals surface area (Å²) in [5.41, 5.74) is 0.479. The van der Waals surface area contributed by atoms with Crippen molar-refractivity contribution in [1.29, 1.82) is 0 Å². The van der Waals surface area contributed by atoms with E-state index in [9.17, 15) is 4.79 Å². The van der Waals surface area contributed by atoms with Crippen molar-refractivity contribution in [3.8, 4) is 0 Å². The smallest absolute Gasteiger partial charge is 0.248 e. The molecule has 0 aromatic carbocycles. The molecule has 170 valence electrons. The molecule has 0 atom stereocenters. The second-order valence-corrected chi connectivity index (χ2v) is 10.7. The minimum atomic E-state index is 0.148. The lowest BCUT2D eigenvalue weighted by Gasteiger charge is -2.42. The molecule has 2 saturated heterocycles. The predicted molar refractivity (Wildman–Crippen MR) is 120 cm³/mol. The largest absolute Gasteiger partial charge is 0.372 e. The fourth-order valence-corrected chi connectivity index (χ4v) is 4.24. The lowest BCUT2D eigenvalue weighted by Crippen LogP contribution is -2.55. The summed E-state index contributed by atoms with van der Waals surface area (Å²) in [7, 11) is 0. The molecule has 0 unspecified atom stereocenters. The van der Waals surface area contributed by atoms with Gasteiger partial charge in [0.2, 0.25) is 5.91 Å². The third kappa shape index (κ3) is 8.52. The van der Waals surface area contributed by atoms with Crippen molar-refractivity contribution in [3.05, 3.63) is 0 Å². The molecule has 0 saturated carbocycles. The van der Waals surface area contributed by atoms with Crippen molar-refractivity contribution in [2.45, 2.75) is 71.9 Å². The van der Waals surface area contributed by atoms with Crippen LogP contribution in [-0.2, 0) is 9.53 Å². The van der Waals surface area contributed by atoms with Gasteiger partial charge in [0.15, 0.2) is 0 Å². The van der Waals surface area contributed by atoms with Gasteiger partial charge in [-0.2, -0.15) is 0 Å². The summed E-state index contributed by atoms with van der Waals surface area (Å²) in [6.07, 6.45) is 3.45. The minimum Gasteiger partial charge on any atom is -0.372 e. The molecule has 2 aliphatic rings. The Bertz CT molecular complexity index is 482. The summed E-state index contributed by atoms with van der Waals surface area (Å²) >= 11 is 0. The van der Waals surface area contributed by atoms with Crippen molar-refractivity contribution in [1.82, 2.24) is 19.6 Å². The number of rotatable bonds is 8. The zero-order valence-electron chi connectivity index (χ0n) is 20.0. The highest BCUT2D eigenvalue weighted by Crippen LogP contribution is 2.17. The van der Waals surface area contributed by atoms with Crippen LogP contribution in [0.3, 0.4) is 0 Å². The lowest BCUT2D eigenvalue weighted by atomic mass is 10.0. The van der Waals surface area contributed by atoms with Gasteiger partial charge in [-0.3, -0.25) is 14.6 Å². The average Bonchev–Trinajstić information content (AvgIpc) is 2.66. The van der Waals surface area contributed by atoms with Crippen molar-refractivity contribution in [3.63, 3.8) is 0 Å². The Labute approximate surface area is 179 Å². The Morgan fingerprint density at radius 2 is 1.24 bits per heavy atom. The maximum absolute atomic E-state index is 12.3. The number of nitrogens with zero attached hydrogens (tertiary/aromatic N) is 4. The van der Waals surface area contributed by atoms with E-state index in [0.29, 0.717) is 12.1 Å². The number of hydrogen-bond donors (Lipinski definition) is 0. The van der Waals surface area contributed by atoms with Crippen LogP contribution in [0.15, 0.2) is 0 Å². The third-order valence-electron chi connectivity index (χ3n) is 6.39. The van der Waals surface area contributed by atoms with E-state index in [1.54, 1.807) is 0 Å². The van der Waals surface area contributed by atoms with Gasteiger partial charge < -0.3 is 14.5 Å². The van der Waals surface area contributed by atoms with Gasteiger partial charge in [0.05, 0.1) is 0 Å². The molecule has 2 rings (SSSR count). The first kappa shape index (κ1) is 24.6. The predicted octanol–water partition coefficient (Wildman–Crippen LogP) is 2.53. The molecule has 2 heterocycles. The number of piperazine rings is 2. The molecule has 6 nitrogen and oxygen atoms in total. The SMILES string of the molecule is CC(C)(C)N1CCN(CCCCCOCC(=O)N2CCN(C(C)(C)C)CC2)CC1. The van der Waals surface area contributed by atoms with Crippen LogP contribution in [0, 0.1) is 0 Å². The van der Waals surface area contributed by atoms with Crippen LogP contribution in [0.1, 0.15) is 60.8 Å².